The molecule has 0 bridgehead atoms. The van der Waals surface area contributed by atoms with E-state index in [0.717, 1.165) is 10.8 Å². The van der Waals surface area contributed by atoms with Gasteiger partial charge in [0.25, 0.3) is 5.69 Å². The molecule has 0 unspecified atom stereocenters. The zero-order chi connectivity index (χ0) is 17.8. The number of allylic oxidation sites excluding steroid dienone is 1. The highest BCUT2D eigenvalue weighted by atomic mass is 16.6. The van der Waals surface area contributed by atoms with Gasteiger partial charge in [0, 0.05) is 12.1 Å². The first kappa shape index (κ1) is 16.4. The minimum Gasteiger partial charge on any atom is -0.496 e. The minimum atomic E-state index is -0.465. The summed E-state index contributed by atoms with van der Waals surface area (Å²) in [5.74, 6) is 0.271. The molecule has 0 aliphatic carbocycles. The maximum atomic E-state index is 12.7. The quantitative estimate of drug-likeness (QED) is 0.295. The summed E-state index contributed by atoms with van der Waals surface area (Å²) in [5.41, 5.74) is 1.04. The Labute approximate surface area is 144 Å². The molecule has 0 saturated carbocycles. The van der Waals surface area contributed by atoms with Gasteiger partial charge in [0.1, 0.15) is 5.75 Å². The molecule has 0 heterocycles. The lowest BCUT2D eigenvalue weighted by Gasteiger charge is -2.09. The lowest BCUT2D eigenvalue weighted by atomic mass is 9.99. The van der Waals surface area contributed by atoms with E-state index < -0.39 is 4.92 Å². The van der Waals surface area contributed by atoms with Crippen LogP contribution in [0.4, 0.5) is 5.69 Å². The van der Waals surface area contributed by atoms with Crippen LogP contribution in [0.3, 0.4) is 0 Å². The molecule has 0 atom stereocenters. The van der Waals surface area contributed by atoms with Gasteiger partial charge in [-0.05, 0) is 28.5 Å². The zero-order valence-corrected chi connectivity index (χ0v) is 13.5. The number of non-ortho nitro benzene ring substituents is 1. The predicted molar refractivity (Wildman–Crippen MR) is 97.0 cm³/mol. The van der Waals surface area contributed by atoms with Crippen molar-refractivity contribution in [2.24, 2.45) is 0 Å². The van der Waals surface area contributed by atoms with E-state index in [1.807, 2.05) is 30.3 Å². The SMILES string of the molecule is COc1ccc2ccccc2c1C(=O)/C=C/c1cccc([N+](=O)[O-])c1. The van der Waals surface area contributed by atoms with Crippen LogP contribution in [0.2, 0.25) is 0 Å². The Hall–Kier alpha value is -3.47. The summed E-state index contributed by atoms with van der Waals surface area (Å²) in [4.78, 5) is 23.1. The molecule has 3 aromatic carbocycles. The third-order valence-corrected chi connectivity index (χ3v) is 3.87. The third kappa shape index (κ3) is 3.40. The summed E-state index contributed by atoms with van der Waals surface area (Å²) in [7, 11) is 1.52. The Morgan fingerprint density at radius 1 is 1.08 bits per heavy atom. The number of nitro groups is 1. The number of carbonyl (C=O) groups excluding carboxylic acids is 1. The highest BCUT2D eigenvalue weighted by molar-refractivity contribution is 6.16. The number of carbonyl (C=O) groups is 1. The third-order valence-electron chi connectivity index (χ3n) is 3.87. The largest absolute Gasteiger partial charge is 0.496 e. The first-order valence-corrected chi connectivity index (χ1v) is 7.63. The van der Waals surface area contributed by atoms with Gasteiger partial charge in [-0.2, -0.15) is 0 Å². The van der Waals surface area contributed by atoms with Gasteiger partial charge >= 0.3 is 0 Å². The molecule has 0 N–H and O–H groups in total. The van der Waals surface area contributed by atoms with Crippen LogP contribution in [-0.4, -0.2) is 17.8 Å². The topological polar surface area (TPSA) is 69.4 Å². The molecule has 0 radical (unpaired) electrons. The summed E-state index contributed by atoms with van der Waals surface area (Å²) in [5, 5.41) is 12.6. The van der Waals surface area contributed by atoms with Crippen LogP contribution in [0, 0.1) is 10.1 Å². The van der Waals surface area contributed by atoms with Crippen molar-refractivity contribution in [1.82, 2.24) is 0 Å². The van der Waals surface area contributed by atoms with Gasteiger partial charge in [0.2, 0.25) is 0 Å². The van der Waals surface area contributed by atoms with E-state index in [1.165, 1.54) is 25.3 Å². The standard InChI is InChI=1S/C20H15NO4/c1-25-19-12-10-15-6-2-3-8-17(15)20(19)18(22)11-9-14-5-4-7-16(13-14)21(23)24/h2-13H,1H3/b11-9+. The highest BCUT2D eigenvalue weighted by Gasteiger charge is 2.14. The van der Waals surface area contributed by atoms with Crippen molar-refractivity contribution in [2.75, 3.05) is 7.11 Å². The molecule has 5 nitrogen and oxygen atoms in total. The van der Waals surface area contributed by atoms with Gasteiger partial charge in [-0.25, -0.2) is 0 Å². The number of fused-ring (bicyclic) bond motifs is 1. The van der Waals surface area contributed by atoms with Crippen LogP contribution >= 0.6 is 0 Å². The van der Waals surface area contributed by atoms with E-state index >= 15 is 0 Å². The molecule has 124 valence electrons. The maximum absolute atomic E-state index is 12.7. The molecule has 0 aromatic heterocycles. The zero-order valence-electron chi connectivity index (χ0n) is 13.5. The number of benzene rings is 3. The molecular formula is C20H15NO4. The average molecular weight is 333 g/mol. The highest BCUT2D eigenvalue weighted by Crippen LogP contribution is 2.29. The van der Waals surface area contributed by atoms with E-state index in [-0.39, 0.29) is 11.5 Å². The Balaban J connectivity index is 2.00. The van der Waals surface area contributed by atoms with Crippen molar-refractivity contribution in [3.8, 4) is 5.75 Å². The molecule has 0 fully saturated rings. The molecule has 3 aromatic rings. The van der Waals surface area contributed by atoms with Crippen LogP contribution in [-0.2, 0) is 0 Å². The van der Waals surface area contributed by atoms with Gasteiger partial charge < -0.3 is 4.74 Å². The molecule has 5 heteroatoms. The van der Waals surface area contributed by atoms with Gasteiger partial charge in [-0.1, -0.05) is 48.5 Å². The van der Waals surface area contributed by atoms with E-state index in [0.29, 0.717) is 16.9 Å². The van der Waals surface area contributed by atoms with Gasteiger partial charge in [0.15, 0.2) is 5.78 Å². The Morgan fingerprint density at radius 3 is 2.64 bits per heavy atom. The first-order chi connectivity index (χ1) is 12.1. The van der Waals surface area contributed by atoms with Crippen molar-refractivity contribution in [1.29, 1.82) is 0 Å². The van der Waals surface area contributed by atoms with Crippen LogP contribution in [0.5, 0.6) is 5.75 Å². The van der Waals surface area contributed by atoms with Crippen LogP contribution in [0.1, 0.15) is 15.9 Å². The van der Waals surface area contributed by atoms with Crippen molar-refractivity contribution in [3.63, 3.8) is 0 Å². The molecular weight excluding hydrogens is 318 g/mol. The smallest absolute Gasteiger partial charge is 0.270 e. The summed E-state index contributed by atoms with van der Waals surface area (Å²) in [6, 6.07) is 17.3. The van der Waals surface area contributed by atoms with Crippen LogP contribution < -0.4 is 4.74 Å². The van der Waals surface area contributed by atoms with Crippen LogP contribution in [0.25, 0.3) is 16.8 Å². The lowest BCUT2D eigenvalue weighted by molar-refractivity contribution is -0.384. The van der Waals surface area contributed by atoms with E-state index in [4.69, 9.17) is 4.74 Å². The van der Waals surface area contributed by atoms with Gasteiger partial charge in [-0.3, -0.25) is 14.9 Å². The van der Waals surface area contributed by atoms with E-state index in [2.05, 4.69) is 0 Å². The first-order valence-electron chi connectivity index (χ1n) is 7.63. The summed E-state index contributed by atoms with van der Waals surface area (Å²) in [6.45, 7) is 0. The number of hydrogen-bond donors (Lipinski definition) is 0. The predicted octanol–water partition coefficient (Wildman–Crippen LogP) is 4.65. The molecule has 0 spiro atoms. The molecule has 25 heavy (non-hydrogen) atoms. The fourth-order valence-electron chi connectivity index (χ4n) is 2.67. The monoisotopic (exact) mass is 333 g/mol. The Bertz CT molecular complexity index is 992. The summed E-state index contributed by atoms with van der Waals surface area (Å²) in [6.07, 6.45) is 2.97. The van der Waals surface area contributed by atoms with E-state index in [9.17, 15) is 14.9 Å². The number of rotatable bonds is 5. The Morgan fingerprint density at radius 2 is 1.88 bits per heavy atom. The number of hydrogen-bond acceptors (Lipinski definition) is 4. The number of ether oxygens (including phenoxy) is 1. The van der Waals surface area contributed by atoms with Crippen molar-refractivity contribution in [2.45, 2.75) is 0 Å². The number of ketones is 1. The molecule has 0 saturated heterocycles. The fraction of sp³-hybridized carbons (Fsp3) is 0.0500. The second-order valence-corrected chi connectivity index (χ2v) is 5.41. The van der Waals surface area contributed by atoms with Crippen molar-refractivity contribution < 1.29 is 14.5 Å². The minimum absolute atomic E-state index is 0.0164. The summed E-state index contributed by atoms with van der Waals surface area (Å²) >= 11 is 0. The van der Waals surface area contributed by atoms with Crippen LogP contribution in [0.15, 0.2) is 66.7 Å². The van der Waals surface area contributed by atoms with Gasteiger partial charge in [0.05, 0.1) is 17.6 Å². The molecule has 0 amide bonds. The normalized spacial score (nSPS) is 10.9. The van der Waals surface area contributed by atoms with E-state index in [1.54, 1.807) is 24.3 Å². The number of nitro benzene ring substituents is 1. The Kier molecular flexibility index (Phi) is 4.57. The summed E-state index contributed by atoms with van der Waals surface area (Å²) < 4.78 is 5.33. The second kappa shape index (κ2) is 6.97. The molecule has 3 rings (SSSR count). The fourth-order valence-corrected chi connectivity index (χ4v) is 2.67. The molecule has 0 aliphatic rings. The lowest BCUT2D eigenvalue weighted by Crippen LogP contribution is -2.00. The van der Waals surface area contributed by atoms with Crippen molar-refractivity contribution >= 4 is 28.3 Å². The average Bonchev–Trinajstić information content (AvgIpc) is 2.65. The second-order valence-electron chi connectivity index (χ2n) is 5.41. The van der Waals surface area contributed by atoms with Crippen molar-refractivity contribution in [3.05, 3.63) is 88.0 Å². The molecule has 0 aliphatic heterocycles. The number of methoxy groups -OCH3 is 1. The number of nitrogens with zero attached hydrogens (tertiary/aromatic N) is 1. The van der Waals surface area contributed by atoms with Gasteiger partial charge in [-0.15, -0.1) is 0 Å². The maximum Gasteiger partial charge on any atom is 0.270 e.